The molecule has 2 rings (SSSR count). The van der Waals surface area contributed by atoms with Gasteiger partial charge in [0, 0.05) is 11.8 Å². The van der Waals surface area contributed by atoms with Crippen LogP contribution in [0.25, 0.3) is 11.3 Å². The first-order valence-electron chi connectivity index (χ1n) is 3.89. The first-order valence-corrected chi connectivity index (χ1v) is 3.89. The van der Waals surface area contributed by atoms with Crippen LogP contribution in [0.15, 0.2) is 18.5 Å². The zero-order chi connectivity index (χ0) is 10.1. The summed E-state index contributed by atoms with van der Waals surface area (Å²) >= 11 is 0. The lowest BCUT2D eigenvalue weighted by Gasteiger charge is -1.92. The SMILES string of the molecule is Nc1cc(C(=O)O)[nH]c1-c1cn[nH]c1. The average Bonchev–Trinajstić information content (AvgIpc) is 2.71. The summed E-state index contributed by atoms with van der Waals surface area (Å²) < 4.78 is 0. The van der Waals surface area contributed by atoms with E-state index >= 15 is 0 Å². The smallest absolute Gasteiger partial charge is 0.352 e. The minimum Gasteiger partial charge on any atom is -0.477 e. The van der Waals surface area contributed by atoms with E-state index in [9.17, 15) is 4.79 Å². The number of nitrogens with two attached hydrogens (primary N) is 1. The number of hydrogen-bond acceptors (Lipinski definition) is 3. The van der Waals surface area contributed by atoms with Crippen molar-refractivity contribution in [3.63, 3.8) is 0 Å². The molecule has 14 heavy (non-hydrogen) atoms. The molecule has 0 amide bonds. The van der Waals surface area contributed by atoms with E-state index in [0.717, 1.165) is 5.56 Å². The molecule has 2 aromatic heterocycles. The van der Waals surface area contributed by atoms with Crippen molar-refractivity contribution in [2.75, 3.05) is 5.73 Å². The second kappa shape index (κ2) is 2.91. The number of nitrogen functional groups attached to an aromatic ring is 1. The summed E-state index contributed by atoms with van der Waals surface area (Å²) in [5.74, 6) is -1.04. The summed E-state index contributed by atoms with van der Waals surface area (Å²) in [5.41, 5.74) is 7.39. The van der Waals surface area contributed by atoms with Gasteiger partial charge in [-0.1, -0.05) is 0 Å². The Bertz CT molecular complexity index is 458. The Morgan fingerprint density at radius 1 is 1.57 bits per heavy atom. The molecule has 0 aliphatic carbocycles. The summed E-state index contributed by atoms with van der Waals surface area (Å²) in [6.45, 7) is 0. The minimum absolute atomic E-state index is 0.0682. The molecule has 0 saturated heterocycles. The van der Waals surface area contributed by atoms with Crippen molar-refractivity contribution >= 4 is 11.7 Å². The molecule has 0 radical (unpaired) electrons. The van der Waals surface area contributed by atoms with Gasteiger partial charge in [0.1, 0.15) is 5.69 Å². The predicted octanol–water partition coefficient (Wildman–Crippen LogP) is 0.685. The molecule has 0 bridgehead atoms. The van der Waals surface area contributed by atoms with Crippen molar-refractivity contribution in [1.82, 2.24) is 15.2 Å². The number of aromatic nitrogens is 3. The molecule has 0 aromatic carbocycles. The monoisotopic (exact) mass is 192 g/mol. The maximum atomic E-state index is 10.6. The van der Waals surface area contributed by atoms with Gasteiger partial charge < -0.3 is 15.8 Å². The van der Waals surface area contributed by atoms with Crippen molar-refractivity contribution in [1.29, 1.82) is 0 Å². The number of H-pyrrole nitrogens is 2. The highest BCUT2D eigenvalue weighted by atomic mass is 16.4. The molecule has 0 saturated carbocycles. The van der Waals surface area contributed by atoms with E-state index in [-0.39, 0.29) is 5.69 Å². The molecule has 0 spiro atoms. The van der Waals surface area contributed by atoms with Gasteiger partial charge >= 0.3 is 5.97 Å². The van der Waals surface area contributed by atoms with Gasteiger partial charge in [-0.25, -0.2) is 4.79 Å². The summed E-state index contributed by atoms with van der Waals surface area (Å²) in [4.78, 5) is 13.3. The molecule has 6 nitrogen and oxygen atoms in total. The van der Waals surface area contributed by atoms with E-state index in [1.807, 2.05) is 0 Å². The molecule has 0 aliphatic rings. The Balaban J connectivity index is 2.50. The fraction of sp³-hybridized carbons (Fsp3) is 0. The van der Waals surface area contributed by atoms with Crippen molar-refractivity contribution in [2.45, 2.75) is 0 Å². The Kier molecular flexibility index (Phi) is 1.74. The second-order valence-electron chi connectivity index (χ2n) is 2.81. The lowest BCUT2D eigenvalue weighted by atomic mass is 10.2. The van der Waals surface area contributed by atoms with Gasteiger partial charge in [0.25, 0.3) is 0 Å². The number of carbonyl (C=O) groups is 1. The van der Waals surface area contributed by atoms with E-state index < -0.39 is 5.97 Å². The number of carboxylic acid groups (broad SMARTS) is 1. The van der Waals surface area contributed by atoms with E-state index in [1.165, 1.54) is 6.07 Å². The van der Waals surface area contributed by atoms with Crippen LogP contribution in [-0.2, 0) is 0 Å². The van der Waals surface area contributed by atoms with Crippen molar-refractivity contribution in [2.24, 2.45) is 0 Å². The molecular weight excluding hydrogens is 184 g/mol. The number of rotatable bonds is 2. The van der Waals surface area contributed by atoms with Gasteiger partial charge in [-0.3, -0.25) is 5.10 Å². The Hall–Kier alpha value is -2.24. The second-order valence-corrected chi connectivity index (χ2v) is 2.81. The summed E-state index contributed by atoms with van der Waals surface area (Å²) in [5, 5.41) is 15.1. The predicted molar refractivity (Wildman–Crippen MR) is 49.7 cm³/mol. The number of hydrogen-bond donors (Lipinski definition) is 4. The van der Waals surface area contributed by atoms with Gasteiger partial charge in [-0.05, 0) is 6.07 Å². The Morgan fingerprint density at radius 3 is 2.86 bits per heavy atom. The average molecular weight is 192 g/mol. The van der Waals surface area contributed by atoms with E-state index in [1.54, 1.807) is 12.4 Å². The van der Waals surface area contributed by atoms with Gasteiger partial charge in [0.2, 0.25) is 0 Å². The molecule has 0 atom stereocenters. The third kappa shape index (κ3) is 1.22. The highest BCUT2D eigenvalue weighted by molar-refractivity contribution is 5.90. The van der Waals surface area contributed by atoms with Gasteiger partial charge in [-0.15, -0.1) is 0 Å². The first kappa shape index (κ1) is 8.36. The molecule has 72 valence electrons. The lowest BCUT2D eigenvalue weighted by Crippen LogP contribution is -1.95. The van der Waals surface area contributed by atoms with Crippen molar-refractivity contribution in [3.8, 4) is 11.3 Å². The van der Waals surface area contributed by atoms with Gasteiger partial charge in [-0.2, -0.15) is 5.10 Å². The van der Waals surface area contributed by atoms with E-state index in [2.05, 4.69) is 15.2 Å². The molecule has 5 N–H and O–H groups in total. The zero-order valence-electron chi connectivity index (χ0n) is 7.11. The number of aromatic amines is 2. The minimum atomic E-state index is -1.04. The topological polar surface area (TPSA) is 108 Å². The van der Waals surface area contributed by atoms with Crippen LogP contribution < -0.4 is 5.73 Å². The maximum absolute atomic E-state index is 10.6. The molecular formula is C8H8N4O2. The molecule has 0 unspecified atom stereocenters. The summed E-state index contributed by atoms with van der Waals surface area (Å²) in [7, 11) is 0. The summed E-state index contributed by atoms with van der Waals surface area (Å²) in [6, 6.07) is 1.38. The third-order valence-electron chi connectivity index (χ3n) is 1.87. The molecule has 6 heteroatoms. The quantitative estimate of drug-likeness (QED) is 0.561. The van der Waals surface area contributed by atoms with Crippen LogP contribution in [0.5, 0.6) is 0 Å². The van der Waals surface area contributed by atoms with Crippen LogP contribution in [0, 0.1) is 0 Å². The van der Waals surface area contributed by atoms with Crippen molar-refractivity contribution < 1.29 is 9.90 Å². The van der Waals surface area contributed by atoms with E-state index in [4.69, 9.17) is 10.8 Å². The zero-order valence-corrected chi connectivity index (χ0v) is 7.11. The fourth-order valence-electron chi connectivity index (χ4n) is 1.21. The third-order valence-corrected chi connectivity index (χ3v) is 1.87. The molecule has 0 aliphatic heterocycles. The number of aromatic carboxylic acids is 1. The van der Waals surface area contributed by atoms with Crippen LogP contribution in [0.4, 0.5) is 5.69 Å². The molecule has 2 heterocycles. The Labute approximate surface area is 78.8 Å². The number of anilines is 1. The van der Waals surface area contributed by atoms with Gasteiger partial charge in [0.05, 0.1) is 17.6 Å². The largest absolute Gasteiger partial charge is 0.477 e. The van der Waals surface area contributed by atoms with Crippen LogP contribution in [0.3, 0.4) is 0 Å². The highest BCUT2D eigenvalue weighted by Crippen LogP contribution is 2.24. The van der Waals surface area contributed by atoms with Crippen LogP contribution in [0.2, 0.25) is 0 Å². The Morgan fingerprint density at radius 2 is 2.36 bits per heavy atom. The van der Waals surface area contributed by atoms with E-state index in [0.29, 0.717) is 11.4 Å². The fourth-order valence-corrected chi connectivity index (χ4v) is 1.21. The molecule has 2 aromatic rings. The van der Waals surface area contributed by atoms with Crippen LogP contribution >= 0.6 is 0 Å². The lowest BCUT2D eigenvalue weighted by molar-refractivity contribution is 0.0691. The first-order chi connectivity index (χ1) is 6.68. The number of nitrogens with one attached hydrogen (secondary N) is 2. The summed E-state index contributed by atoms with van der Waals surface area (Å²) in [6.07, 6.45) is 3.20. The van der Waals surface area contributed by atoms with Crippen molar-refractivity contribution in [3.05, 3.63) is 24.2 Å². The number of nitrogens with zero attached hydrogens (tertiary/aromatic N) is 1. The number of carboxylic acids is 1. The van der Waals surface area contributed by atoms with Crippen LogP contribution in [-0.4, -0.2) is 26.3 Å². The van der Waals surface area contributed by atoms with Crippen LogP contribution in [0.1, 0.15) is 10.5 Å². The normalized spacial score (nSPS) is 10.3. The standard InChI is InChI=1S/C8H8N4O2/c9-5-1-6(8(13)14)12-7(5)4-2-10-11-3-4/h1-3,12H,9H2,(H,10,11)(H,13,14). The molecule has 0 fully saturated rings. The maximum Gasteiger partial charge on any atom is 0.352 e. The van der Waals surface area contributed by atoms with Gasteiger partial charge in [0.15, 0.2) is 0 Å². The highest BCUT2D eigenvalue weighted by Gasteiger charge is 2.12.